The Labute approximate surface area is 297 Å². The van der Waals surface area contributed by atoms with Crippen molar-refractivity contribution in [2.75, 3.05) is 0 Å². The lowest BCUT2D eigenvalue weighted by molar-refractivity contribution is -0.0417. The predicted octanol–water partition coefficient (Wildman–Crippen LogP) is 11.2. The first-order valence-corrected chi connectivity index (χ1v) is 18.6. The van der Waals surface area contributed by atoms with E-state index in [0.29, 0.717) is 11.8 Å². The van der Waals surface area contributed by atoms with Crippen LogP contribution in [0.1, 0.15) is 43.2 Å². The van der Waals surface area contributed by atoms with E-state index in [4.69, 9.17) is 9.97 Å². The third-order valence-electron chi connectivity index (χ3n) is 12.7. The number of para-hydroxylation sites is 3. The summed E-state index contributed by atoms with van der Waals surface area (Å²) in [5.74, 6) is 3.79. The Balaban J connectivity index is 1.08. The molecular weight excluding hydrogens is 621 g/mol. The van der Waals surface area contributed by atoms with Gasteiger partial charge < -0.3 is 4.57 Å². The highest BCUT2D eigenvalue weighted by atomic mass is 15.0. The molecule has 4 bridgehead atoms. The Hall–Kier alpha value is -5.61. The molecule has 0 unspecified atom stereocenters. The lowest BCUT2D eigenvalue weighted by atomic mass is 9.42. The van der Waals surface area contributed by atoms with Gasteiger partial charge in [-0.3, -0.25) is 4.98 Å². The van der Waals surface area contributed by atoms with Gasteiger partial charge in [-0.25, -0.2) is 9.97 Å². The van der Waals surface area contributed by atoms with Crippen molar-refractivity contribution in [1.82, 2.24) is 19.5 Å². The summed E-state index contributed by atoms with van der Waals surface area (Å²) in [6.07, 6.45) is 8.60. The van der Waals surface area contributed by atoms with E-state index in [1.165, 1.54) is 70.7 Å². The molecule has 0 saturated heterocycles. The van der Waals surface area contributed by atoms with Gasteiger partial charge in [0.15, 0.2) is 5.82 Å². The fraction of sp³-hybridized carbons (Fsp3) is 0.213. The second kappa shape index (κ2) is 11.2. The Morgan fingerprint density at radius 3 is 1.96 bits per heavy atom. The van der Waals surface area contributed by atoms with E-state index in [1.54, 1.807) is 0 Å². The molecule has 0 radical (unpaired) electrons. The number of fused-ring (bicyclic) bond motifs is 4. The van der Waals surface area contributed by atoms with Gasteiger partial charge in [-0.15, -0.1) is 0 Å². The second-order valence-electron chi connectivity index (χ2n) is 15.3. The minimum absolute atomic E-state index is 0.0144. The van der Waals surface area contributed by atoms with Crippen LogP contribution in [0.5, 0.6) is 0 Å². The highest BCUT2D eigenvalue weighted by molar-refractivity contribution is 6.09. The van der Waals surface area contributed by atoms with Gasteiger partial charge in [0.2, 0.25) is 0 Å². The number of pyridine rings is 1. The second-order valence-corrected chi connectivity index (χ2v) is 15.3. The number of benzene rings is 5. The number of nitrogens with zero attached hydrogens (tertiary/aromatic N) is 4. The molecule has 3 heterocycles. The lowest BCUT2D eigenvalue weighted by Crippen LogP contribution is -2.56. The first-order valence-electron chi connectivity index (χ1n) is 18.6. The Morgan fingerprint density at radius 1 is 0.529 bits per heavy atom. The smallest absolute Gasteiger partial charge is 0.160 e. The van der Waals surface area contributed by atoms with Gasteiger partial charge in [-0.2, -0.15) is 0 Å². The van der Waals surface area contributed by atoms with Crippen LogP contribution >= 0.6 is 0 Å². The summed E-state index contributed by atoms with van der Waals surface area (Å²) in [5.41, 5.74) is 10.4. The molecule has 246 valence electrons. The molecule has 4 nitrogen and oxygen atoms in total. The average Bonchev–Trinajstić information content (AvgIpc) is 3.52. The standard InChI is InChI=1S/C47H38N4/c1-2-10-37(11-3-1)51-43-16-7-5-12-38(43)40-29-34(21-22-44(40)51)47(35-25-30-24-31(27-35)28-36(47)26-30)33-19-17-32(18-20-33)46-49-41-14-6-4-13-39(41)45(50-46)42-15-8-9-23-48-42/h1-23,29-31,35-36H,24-28H2. The maximum absolute atomic E-state index is 5.15. The summed E-state index contributed by atoms with van der Waals surface area (Å²) >= 11 is 0. The summed E-state index contributed by atoms with van der Waals surface area (Å²) in [6, 6.07) is 50.9. The van der Waals surface area contributed by atoms with Crippen LogP contribution in [0.25, 0.3) is 61.2 Å². The fourth-order valence-electron chi connectivity index (χ4n) is 10.9. The molecule has 4 aliphatic carbocycles. The summed E-state index contributed by atoms with van der Waals surface area (Å²) in [7, 11) is 0. The van der Waals surface area contributed by atoms with E-state index in [0.717, 1.165) is 45.5 Å². The van der Waals surface area contributed by atoms with E-state index in [9.17, 15) is 0 Å². The van der Waals surface area contributed by atoms with Crippen molar-refractivity contribution >= 4 is 32.7 Å². The molecule has 0 aliphatic heterocycles. The number of hydrogen-bond donors (Lipinski definition) is 0. The van der Waals surface area contributed by atoms with Gasteiger partial charge in [-0.1, -0.05) is 91.0 Å². The summed E-state index contributed by atoms with van der Waals surface area (Å²) in [4.78, 5) is 14.9. The molecule has 0 spiro atoms. The largest absolute Gasteiger partial charge is 0.309 e. The van der Waals surface area contributed by atoms with E-state index in [1.807, 2.05) is 30.5 Å². The Kier molecular flexibility index (Phi) is 6.40. The normalized spacial score (nSPS) is 23.8. The van der Waals surface area contributed by atoms with E-state index in [2.05, 4.69) is 125 Å². The first-order chi connectivity index (χ1) is 25.2. The zero-order valence-corrected chi connectivity index (χ0v) is 28.5. The Morgan fingerprint density at radius 2 is 1.20 bits per heavy atom. The fourth-order valence-corrected chi connectivity index (χ4v) is 10.9. The van der Waals surface area contributed by atoms with E-state index in [-0.39, 0.29) is 5.41 Å². The maximum Gasteiger partial charge on any atom is 0.160 e. The van der Waals surface area contributed by atoms with Crippen molar-refractivity contribution in [3.8, 4) is 28.5 Å². The van der Waals surface area contributed by atoms with Gasteiger partial charge in [0.05, 0.1) is 22.2 Å². The quantitative estimate of drug-likeness (QED) is 0.185. The zero-order chi connectivity index (χ0) is 33.5. The van der Waals surface area contributed by atoms with E-state index < -0.39 is 0 Å². The first kappa shape index (κ1) is 29.2. The third-order valence-corrected chi connectivity index (χ3v) is 12.7. The average molecular weight is 659 g/mol. The monoisotopic (exact) mass is 658 g/mol. The molecule has 0 atom stereocenters. The number of hydrogen-bond acceptors (Lipinski definition) is 3. The summed E-state index contributed by atoms with van der Waals surface area (Å²) < 4.78 is 2.44. The zero-order valence-electron chi connectivity index (χ0n) is 28.5. The van der Waals surface area contributed by atoms with Crippen LogP contribution in [0.2, 0.25) is 0 Å². The van der Waals surface area contributed by atoms with Gasteiger partial charge >= 0.3 is 0 Å². The topological polar surface area (TPSA) is 43.6 Å². The van der Waals surface area contributed by atoms with Crippen molar-refractivity contribution in [3.63, 3.8) is 0 Å². The molecule has 0 amide bonds. The molecule has 3 aromatic heterocycles. The maximum atomic E-state index is 5.15. The highest BCUT2D eigenvalue weighted by Gasteiger charge is 2.58. The SMILES string of the molecule is c1ccc(-n2c3ccccc3c3cc(C4(c5ccc(-c6nc(-c7ccccn7)c7ccccc7n6)cc5)C5CC6CC(C5)CC4C6)ccc32)cc1. The van der Waals surface area contributed by atoms with Gasteiger partial charge in [0.25, 0.3) is 0 Å². The number of rotatable bonds is 5. The molecule has 5 aromatic carbocycles. The molecule has 4 fully saturated rings. The van der Waals surface area contributed by atoms with Crippen LogP contribution < -0.4 is 0 Å². The molecule has 4 aliphatic rings. The summed E-state index contributed by atoms with van der Waals surface area (Å²) in [6.45, 7) is 0. The van der Waals surface area contributed by atoms with Crippen molar-refractivity contribution in [2.45, 2.75) is 37.5 Å². The van der Waals surface area contributed by atoms with Crippen molar-refractivity contribution < 1.29 is 0 Å². The van der Waals surface area contributed by atoms with Crippen LogP contribution in [0, 0.1) is 23.7 Å². The van der Waals surface area contributed by atoms with Crippen LogP contribution in [0.3, 0.4) is 0 Å². The van der Waals surface area contributed by atoms with Gasteiger partial charge in [0.1, 0.15) is 5.69 Å². The van der Waals surface area contributed by atoms with Crippen molar-refractivity contribution in [2.24, 2.45) is 23.7 Å². The molecule has 0 N–H and O–H groups in total. The van der Waals surface area contributed by atoms with Crippen LogP contribution in [0.4, 0.5) is 0 Å². The minimum Gasteiger partial charge on any atom is -0.309 e. The van der Waals surface area contributed by atoms with Gasteiger partial charge in [0, 0.05) is 39.0 Å². The van der Waals surface area contributed by atoms with Gasteiger partial charge in [-0.05, 0) is 115 Å². The lowest BCUT2D eigenvalue weighted by Gasteiger charge is -2.62. The molecule has 51 heavy (non-hydrogen) atoms. The van der Waals surface area contributed by atoms with Crippen LogP contribution in [-0.4, -0.2) is 19.5 Å². The number of aromatic nitrogens is 4. The Bertz CT molecular complexity index is 2560. The molecule has 4 heteroatoms. The summed E-state index contributed by atoms with van der Waals surface area (Å²) in [5, 5.41) is 3.70. The predicted molar refractivity (Wildman–Crippen MR) is 207 cm³/mol. The van der Waals surface area contributed by atoms with Crippen molar-refractivity contribution in [3.05, 3.63) is 157 Å². The van der Waals surface area contributed by atoms with E-state index >= 15 is 0 Å². The molecule has 4 saturated carbocycles. The molecule has 8 aromatic rings. The van der Waals surface area contributed by atoms with Crippen LogP contribution in [0.15, 0.2) is 146 Å². The highest BCUT2D eigenvalue weighted by Crippen LogP contribution is 2.65. The minimum atomic E-state index is -0.0144. The molecule has 12 rings (SSSR count). The third kappa shape index (κ3) is 4.35. The molecular formula is C47H38N4. The van der Waals surface area contributed by atoms with Crippen LogP contribution in [-0.2, 0) is 5.41 Å². The van der Waals surface area contributed by atoms with Crippen molar-refractivity contribution in [1.29, 1.82) is 0 Å².